The summed E-state index contributed by atoms with van der Waals surface area (Å²) in [7, 11) is 0. The van der Waals surface area contributed by atoms with E-state index in [1.54, 1.807) is 0 Å². The molecule has 1 aromatic heterocycles. The van der Waals surface area contributed by atoms with Gasteiger partial charge in [-0.3, -0.25) is 4.90 Å². The van der Waals surface area contributed by atoms with E-state index in [0.29, 0.717) is 6.54 Å². The highest BCUT2D eigenvalue weighted by Crippen LogP contribution is 2.26. The van der Waals surface area contributed by atoms with Gasteiger partial charge in [0.25, 0.3) is 0 Å². The van der Waals surface area contributed by atoms with Crippen LogP contribution in [0.2, 0.25) is 0 Å². The number of nitrogens with one attached hydrogen (secondary N) is 2. The molecule has 1 saturated heterocycles. The number of hydrogen-bond acceptors (Lipinski definition) is 4. The Morgan fingerprint density at radius 1 is 1.25 bits per heavy atom. The molecule has 1 aliphatic rings. The molecule has 3 N–H and O–H groups in total. The molecule has 6 nitrogen and oxygen atoms in total. The maximum Gasteiger partial charge on any atom is 0.314 e. The maximum atomic E-state index is 12.0. The van der Waals surface area contributed by atoms with Crippen molar-refractivity contribution >= 4 is 6.03 Å². The summed E-state index contributed by atoms with van der Waals surface area (Å²) in [6, 6.07) is 3.74. The third-order valence-corrected chi connectivity index (χ3v) is 4.58. The number of carbonyl (C=O) groups excluding carboxylic acids is 1. The lowest BCUT2D eigenvalue weighted by Crippen LogP contribution is -2.45. The molecular weight excluding hydrogens is 306 g/mol. The van der Waals surface area contributed by atoms with E-state index < -0.39 is 6.10 Å². The third kappa shape index (κ3) is 5.24. The molecule has 136 valence electrons. The molecular formula is C18H31N3O3. The van der Waals surface area contributed by atoms with Gasteiger partial charge in [-0.25, -0.2) is 4.79 Å². The first-order valence-electron chi connectivity index (χ1n) is 8.77. The molecule has 1 aromatic rings. The number of hydrogen-bond donors (Lipinski definition) is 3. The van der Waals surface area contributed by atoms with Crippen LogP contribution in [-0.2, 0) is 0 Å². The highest BCUT2D eigenvalue weighted by molar-refractivity contribution is 5.73. The Morgan fingerprint density at radius 3 is 2.42 bits per heavy atom. The summed E-state index contributed by atoms with van der Waals surface area (Å²) < 4.78 is 5.78. The molecule has 0 aromatic carbocycles. The second-order valence-electron chi connectivity index (χ2n) is 7.68. The van der Waals surface area contributed by atoms with Crippen LogP contribution < -0.4 is 10.6 Å². The van der Waals surface area contributed by atoms with Crippen molar-refractivity contribution in [2.24, 2.45) is 5.41 Å². The van der Waals surface area contributed by atoms with Crippen molar-refractivity contribution in [1.29, 1.82) is 0 Å². The summed E-state index contributed by atoms with van der Waals surface area (Å²) in [4.78, 5) is 14.4. The molecule has 2 atom stereocenters. The van der Waals surface area contributed by atoms with E-state index >= 15 is 0 Å². The van der Waals surface area contributed by atoms with E-state index in [1.165, 1.54) is 12.8 Å². The van der Waals surface area contributed by atoms with Gasteiger partial charge in [-0.15, -0.1) is 0 Å². The van der Waals surface area contributed by atoms with E-state index in [0.717, 1.165) is 24.6 Å². The van der Waals surface area contributed by atoms with Crippen molar-refractivity contribution in [2.45, 2.75) is 52.7 Å². The van der Waals surface area contributed by atoms with Crippen LogP contribution in [0, 0.1) is 12.3 Å². The van der Waals surface area contributed by atoms with Gasteiger partial charge in [0.1, 0.15) is 11.5 Å². The molecule has 2 unspecified atom stereocenters. The van der Waals surface area contributed by atoms with Crippen LogP contribution in [-0.4, -0.2) is 48.3 Å². The van der Waals surface area contributed by atoms with Crippen molar-refractivity contribution in [2.75, 3.05) is 26.2 Å². The van der Waals surface area contributed by atoms with Gasteiger partial charge in [-0.1, -0.05) is 20.8 Å². The molecule has 0 bridgehead atoms. The molecule has 24 heavy (non-hydrogen) atoms. The molecule has 2 amide bonds. The van der Waals surface area contributed by atoms with Gasteiger partial charge in [-0.05, 0) is 50.4 Å². The number of furan rings is 1. The highest BCUT2D eigenvalue weighted by Gasteiger charge is 2.27. The Labute approximate surface area is 144 Å². The van der Waals surface area contributed by atoms with Gasteiger partial charge in [-0.2, -0.15) is 0 Å². The first-order valence-corrected chi connectivity index (χ1v) is 8.77. The minimum atomic E-state index is -0.578. The second-order valence-corrected chi connectivity index (χ2v) is 7.68. The monoisotopic (exact) mass is 337 g/mol. The number of likely N-dealkylation sites (tertiary alicyclic amines) is 1. The zero-order valence-corrected chi connectivity index (χ0v) is 15.3. The van der Waals surface area contributed by atoms with Crippen LogP contribution in [0.3, 0.4) is 0 Å². The Hall–Kier alpha value is -1.53. The maximum absolute atomic E-state index is 12.0. The fraction of sp³-hybridized carbons (Fsp3) is 0.722. The third-order valence-electron chi connectivity index (χ3n) is 4.58. The molecule has 6 heteroatoms. The van der Waals surface area contributed by atoms with Crippen molar-refractivity contribution < 1.29 is 14.3 Å². The van der Waals surface area contributed by atoms with Gasteiger partial charge >= 0.3 is 6.03 Å². The first-order chi connectivity index (χ1) is 11.3. The van der Waals surface area contributed by atoms with Crippen LogP contribution in [0.1, 0.15) is 51.2 Å². The molecule has 2 rings (SSSR count). The summed E-state index contributed by atoms with van der Waals surface area (Å²) in [5.74, 6) is 1.77. The minimum Gasteiger partial charge on any atom is -0.465 e. The van der Waals surface area contributed by atoms with E-state index in [2.05, 4.69) is 15.5 Å². The standard InChI is InChI=1S/C18H31N3O3/c1-13-7-8-15(24-13)14(21-9-5-6-10-21)11-19-17(23)20-12-16(22)18(2,3)4/h7-8,14,16,22H,5-6,9-12H2,1-4H3,(H2,19,20,23). The van der Waals surface area contributed by atoms with Gasteiger partial charge in [0.2, 0.25) is 0 Å². The van der Waals surface area contributed by atoms with Crippen molar-refractivity contribution in [3.05, 3.63) is 23.7 Å². The quantitative estimate of drug-likeness (QED) is 0.745. The molecule has 1 aliphatic heterocycles. The van der Waals surface area contributed by atoms with Gasteiger partial charge in [0.15, 0.2) is 0 Å². The molecule has 0 aliphatic carbocycles. The van der Waals surface area contributed by atoms with Crippen molar-refractivity contribution in [3.63, 3.8) is 0 Å². The van der Waals surface area contributed by atoms with E-state index in [1.807, 2.05) is 39.8 Å². The number of nitrogens with zero attached hydrogens (tertiary/aromatic N) is 1. The Balaban J connectivity index is 1.87. The number of aryl methyl sites for hydroxylation is 1. The number of urea groups is 1. The molecule has 2 heterocycles. The molecule has 0 radical (unpaired) electrons. The highest BCUT2D eigenvalue weighted by atomic mass is 16.3. The normalized spacial score (nSPS) is 18.4. The fourth-order valence-electron chi connectivity index (χ4n) is 2.84. The SMILES string of the molecule is Cc1ccc(C(CNC(=O)NCC(O)C(C)(C)C)N2CCCC2)o1. The fourth-order valence-corrected chi connectivity index (χ4v) is 2.84. The Bertz CT molecular complexity index is 530. The summed E-state index contributed by atoms with van der Waals surface area (Å²) >= 11 is 0. The van der Waals surface area contributed by atoms with Crippen LogP contribution in [0.4, 0.5) is 4.79 Å². The van der Waals surface area contributed by atoms with E-state index in [4.69, 9.17) is 4.42 Å². The lowest BCUT2D eigenvalue weighted by atomic mass is 9.89. The number of aliphatic hydroxyl groups excluding tert-OH is 1. The van der Waals surface area contributed by atoms with Crippen LogP contribution >= 0.6 is 0 Å². The average molecular weight is 337 g/mol. The van der Waals surface area contributed by atoms with Crippen molar-refractivity contribution in [1.82, 2.24) is 15.5 Å². The summed E-state index contributed by atoms with van der Waals surface area (Å²) in [6.45, 7) is 10.5. The number of aliphatic hydroxyl groups is 1. The molecule has 1 fully saturated rings. The number of rotatable bonds is 6. The first kappa shape index (κ1) is 18.8. The molecule has 0 saturated carbocycles. The van der Waals surface area contributed by atoms with Gasteiger partial charge in [0, 0.05) is 13.1 Å². The smallest absolute Gasteiger partial charge is 0.314 e. The van der Waals surface area contributed by atoms with Gasteiger partial charge < -0.3 is 20.2 Å². The predicted molar refractivity (Wildman–Crippen MR) is 93.9 cm³/mol. The summed E-state index contributed by atoms with van der Waals surface area (Å²) in [5.41, 5.74) is -0.253. The number of carbonyl (C=O) groups is 1. The second kappa shape index (κ2) is 8.03. The zero-order chi connectivity index (χ0) is 17.7. The van der Waals surface area contributed by atoms with Crippen LogP contribution in [0.15, 0.2) is 16.5 Å². The average Bonchev–Trinajstić information content (AvgIpc) is 3.16. The van der Waals surface area contributed by atoms with Crippen molar-refractivity contribution in [3.8, 4) is 0 Å². The lowest BCUT2D eigenvalue weighted by Gasteiger charge is -2.27. The Kier molecular flexibility index (Phi) is 6.29. The van der Waals surface area contributed by atoms with Crippen LogP contribution in [0.25, 0.3) is 0 Å². The van der Waals surface area contributed by atoms with E-state index in [9.17, 15) is 9.90 Å². The zero-order valence-electron chi connectivity index (χ0n) is 15.3. The van der Waals surface area contributed by atoms with E-state index in [-0.39, 0.29) is 24.0 Å². The summed E-state index contributed by atoms with van der Waals surface area (Å²) in [5, 5.41) is 15.7. The molecule has 0 spiro atoms. The predicted octanol–water partition coefficient (Wildman–Crippen LogP) is 2.43. The van der Waals surface area contributed by atoms with Crippen LogP contribution in [0.5, 0.6) is 0 Å². The van der Waals surface area contributed by atoms with Gasteiger partial charge in [0.05, 0.1) is 12.1 Å². The lowest BCUT2D eigenvalue weighted by molar-refractivity contribution is 0.0649. The topological polar surface area (TPSA) is 77.7 Å². The minimum absolute atomic E-state index is 0.0551. The largest absolute Gasteiger partial charge is 0.465 e. The summed E-state index contributed by atoms with van der Waals surface area (Å²) in [6.07, 6.45) is 1.78. The Morgan fingerprint density at radius 2 is 1.88 bits per heavy atom. The number of amides is 2.